The Bertz CT molecular complexity index is 610. The molecule has 0 N–H and O–H groups in total. The molecular weight excluding hydrogens is 194 g/mol. The van der Waals surface area contributed by atoms with Crippen LogP contribution in [0.5, 0.6) is 0 Å². The summed E-state index contributed by atoms with van der Waals surface area (Å²) in [5, 5.41) is 1.31. The minimum atomic E-state index is 1.26. The summed E-state index contributed by atoms with van der Waals surface area (Å²) in [6.07, 6.45) is 12.8. The summed E-state index contributed by atoms with van der Waals surface area (Å²) in [5.74, 6) is 0. The van der Waals surface area contributed by atoms with Crippen molar-refractivity contribution < 1.29 is 0 Å². The van der Waals surface area contributed by atoms with Gasteiger partial charge in [-0.1, -0.05) is 42.5 Å². The molecule has 1 aromatic heterocycles. The highest BCUT2D eigenvalue weighted by atomic mass is 14.9. The average molecular weight is 207 g/mol. The van der Waals surface area contributed by atoms with E-state index in [9.17, 15) is 0 Å². The fourth-order valence-electron chi connectivity index (χ4n) is 2.15. The minimum Gasteiger partial charge on any atom is -0.350 e. The zero-order valence-corrected chi connectivity index (χ0v) is 9.22. The smallest absolute Gasteiger partial charge is 0.0483 e. The lowest BCUT2D eigenvalue weighted by atomic mass is 10.1. The molecule has 0 amide bonds. The highest BCUT2D eigenvalue weighted by molar-refractivity contribution is 5.90. The maximum absolute atomic E-state index is 2.22. The summed E-state index contributed by atoms with van der Waals surface area (Å²) < 4.78 is 2.17. The molecule has 0 bridgehead atoms. The van der Waals surface area contributed by atoms with Crippen LogP contribution in [-0.2, 0) is 7.05 Å². The van der Waals surface area contributed by atoms with Gasteiger partial charge in [-0.05, 0) is 17.7 Å². The van der Waals surface area contributed by atoms with Crippen molar-refractivity contribution in [2.75, 3.05) is 0 Å². The van der Waals surface area contributed by atoms with Crippen LogP contribution in [0.1, 0.15) is 5.56 Å². The fraction of sp³-hybridized carbons (Fsp3) is 0.0667. The molecule has 2 aromatic rings. The Balaban J connectivity index is 2.21. The SMILES string of the molecule is Cn1cc(C=C2C=CC=C2)c2ccccc21. The third kappa shape index (κ3) is 1.41. The maximum atomic E-state index is 2.22. The molecule has 0 spiro atoms. The lowest BCUT2D eigenvalue weighted by molar-refractivity contribution is 0.968. The zero-order valence-electron chi connectivity index (χ0n) is 9.22. The first-order valence-electron chi connectivity index (χ1n) is 5.45. The van der Waals surface area contributed by atoms with Gasteiger partial charge in [0.25, 0.3) is 0 Å². The van der Waals surface area contributed by atoms with E-state index in [1.54, 1.807) is 0 Å². The predicted molar refractivity (Wildman–Crippen MR) is 69.2 cm³/mol. The summed E-state index contributed by atoms with van der Waals surface area (Å²) in [6.45, 7) is 0. The van der Waals surface area contributed by atoms with Crippen molar-refractivity contribution in [3.05, 3.63) is 65.9 Å². The van der Waals surface area contributed by atoms with Crippen LogP contribution in [0, 0.1) is 0 Å². The Morgan fingerprint density at radius 2 is 1.81 bits per heavy atom. The molecule has 0 saturated carbocycles. The molecule has 16 heavy (non-hydrogen) atoms. The van der Waals surface area contributed by atoms with Crippen molar-refractivity contribution in [1.82, 2.24) is 4.57 Å². The number of para-hydroxylation sites is 1. The Kier molecular flexibility index (Phi) is 2.03. The molecule has 0 atom stereocenters. The first-order valence-corrected chi connectivity index (χ1v) is 5.45. The summed E-state index contributed by atoms with van der Waals surface area (Å²) in [4.78, 5) is 0. The summed E-state index contributed by atoms with van der Waals surface area (Å²) >= 11 is 0. The normalized spacial score (nSPS) is 13.9. The Morgan fingerprint density at radius 1 is 1.06 bits per heavy atom. The van der Waals surface area contributed by atoms with Gasteiger partial charge in [-0.3, -0.25) is 0 Å². The van der Waals surface area contributed by atoms with E-state index in [1.165, 1.54) is 22.0 Å². The van der Waals surface area contributed by atoms with Crippen LogP contribution in [0.25, 0.3) is 17.0 Å². The van der Waals surface area contributed by atoms with Gasteiger partial charge >= 0.3 is 0 Å². The average Bonchev–Trinajstić information content (AvgIpc) is 2.90. The van der Waals surface area contributed by atoms with Crippen molar-refractivity contribution >= 4 is 17.0 Å². The van der Waals surface area contributed by atoms with E-state index < -0.39 is 0 Å². The van der Waals surface area contributed by atoms with E-state index in [0.717, 1.165) is 0 Å². The van der Waals surface area contributed by atoms with Crippen LogP contribution in [0.3, 0.4) is 0 Å². The highest BCUT2D eigenvalue weighted by Gasteiger charge is 2.03. The first-order chi connectivity index (χ1) is 7.84. The van der Waals surface area contributed by atoms with Gasteiger partial charge in [0.1, 0.15) is 0 Å². The lowest BCUT2D eigenvalue weighted by Crippen LogP contribution is -1.81. The van der Waals surface area contributed by atoms with Crippen LogP contribution in [0.4, 0.5) is 0 Å². The maximum Gasteiger partial charge on any atom is 0.0483 e. The van der Waals surface area contributed by atoms with E-state index in [0.29, 0.717) is 0 Å². The van der Waals surface area contributed by atoms with Crippen molar-refractivity contribution in [1.29, 1.82) is 0 Å². The number of aryl methyl sites for hydroxylation is 1. The highest BCUT2D eigenvalue weighted by Crippen LogP contribution is 2.23. The molecule has 0 aliphatic heterocycles. The number of nitrogens with zero attached hydrogens (tertiary/aromatic N) is 1. The number of rotatable bonds is 1. The van der Waals surface area contributed by atoms with Crippen LogP contribution in [0.2, 0.25) is 0 Å². The van der Waals surface area contributed by atoms with E-state index in [1.807, 2.05) is 0 Å². The second-order valence-electron chi connectivity index (χ2n) is 4.08. The molecule has 0 fully saturated rings. The van der Waals surface area contributed by atoms with Gasteiger partial charge in [-0.2, -0.15) is 0 Å². The molecule has 1 aliphatic carbocycles. The topological polar surface area (TPSA) is 4.93 Å². The molecule has 78 valence electrons. The van der Waals surface area contributed by atoms with Gasteiger partial charge in [0, 0.05) is 29.7 Å². The summed E-state index contributed by atoms with van der Waals surface area (Å²) in [7, 11) is 2.09. The fourth-order valence-corrected chi connectivity index (χ4v) is 2.15. The van der Waals surface area contributed by atoms with E-state index in [-0.39, 0.29) is 0 Å². The van der Waals surface area contributed by atoms with Gasteiger partial charge in [0.05, 0.1) is 0 Å². The Hall–Kier alpha value is -2.02. The second-order valence-corrected chi connectivity index (χ2v) is 4.08. The quantitative estimate of drug-likeness (QED) is 0.672. The number of allylic oxidation sites excluding steroid dienone is 5. The predicted octanol–water partition coefficient (Wildman–Crippen LogP) is 3.69. The van der Waals surface area contributed by atoms with Crippen LogP contribution in [0.15, 0.2) is 60.3 Å². The van der Waals surface area contributed by atoms with Gasteiger partial charge in [0.15, 0.2) is 0 Å². The summed E-state index contributed by atoms with van der Waals surface area (Å²) in [5.41, 5.74) is 3.82. The summed E-state index contributed by atoms with van der Waals surface area (Å²) in [6, 6.07) is 8.49. The standard InChI is InChI=1S/C15H13N/c1-16-11-13(10-12-6-2-3-7-12)14-8-4-5-9-15(14)16/h2-11H,1H3. The van der Waals surface area contributed by atoms with E-state index >= 15 is 0 Å². The number of hydrogen-bond donors (Lipinski definition) is 0. The van der Waals surface area contributed by atoms with Gasteiger partial charge < -0.3 is 4.57 Å². The van der Waals surface area contributed by atoms with Crippen molar-refractivity contribution in [2.24, 2.45) is 7.05 Å². The van der Waals surface area contributed by atoms with E-state index in [2.05, 4.69) is 72.5 Å². The molecule has 0 saturated heterocycles. The van der Waals surface area contributed by atoms with Crippen molar-refractivity contribution in [3.8, 4) is 0 Å². The van der Waals surface area contributed by atoms with Gasteiger partial charge in [0.2, 0.25) is 0 Å². The number of benzene rings is 1. The molecule has 0 unspecified atom stereocenters. The molecule has 3 rings (SSSR count). The Morgan fingerprint density at radius 3 is 2.62 bits per heavy atom. The lowest BCUT2D eigenvalue weighted by Gasteiger charge is -1.93. The Labute approximate surface area is 95.0 Å². The van der Waals surface area contributed by atoms with Gasteiger partial charge in [-0.15, -0.1) is 0 Å². The number of fused-ring (bicyclic) bond motifs is 1. The molecule has 1 nitrogen and oxygen atoms in total. The van der Waals surface area contributed by atoms with Crippen LogP contribution >= 0.6 is 0 Å². The third-order valence-corrected chi connectivity index (χ3v) is 2.94. The number of hydrogen-bond acceptors (Lipinski definition) is 0. The third-order valence-electron chi connectivity index (χ3n) is 2.94. The number of aromatic nitrogens is 1. The molecule has 1 aliphatic rings. The minimum absolute atomic E-state index is 1.26. The van der Waals surface area contributed by atoms with Crippen molar-refractivity contribution in [3.63, 3.8) is 0 Å². The van der Waals surface area contributed by atoms with Crippen LogP contribution < -0.4 is 0 Å². The van der Waals surface area contributed by atoms with Gasteiger partial charge in [-0.25, -0.2) is 0 Å². The van der Waals surface area contributed by atoms with Crippen LogP contribution in [-0.4, -0.2) is 4.57 Å². The molecule has 0 radical (unpaired) electrons. The molecule has 1 aromatic carbocycles. The first kappa shape index (κ1) is 9.22. The second kappa shape index (κ2) is 3.53. The van der Waals surface area contributed by atoms with E-state index in [4.69, 9.17) is 0 Å². The molecule has 1 heterocycles. The molecule has 1 heteroatoms. The van der Waals surface area contributed by atoms with Crippen molar-refractivity contribution in [2.45, 2.75) is 0 Å². The largest absolute Gasteiger partial charge is 0.350 e. The monoisotopic (exact) mass is 207 g/mol. The zero-order chi connectivity index (χ0) is 11.0. The molecular formula is C15H13N.